The molecule has 21 heavy (non-hydrogen) atoms. The van der Waals surface area contributed by atoms with Gasteiger partial charge in [-0.15, -0.1) is 0 Å². The van der Waals surface area contributed by atoms with Gasteiger partial charge in [0.05, 0.1) is 6.10 Å². The number of likely N-dealkylation sites (tertiary alicyclic amines) is 1. The fourth-order valence-corrected chi connectivity index (χ4v) is 2.90. The summed E-state index contributed by atoms with van der Waals surface area (Å²) in [7, 11) is 0. The number of rotatable bonds is 2. The smallest absolute Gasteiger partial charge is 0.393 e. The van der Waals surface area contributed by atoms with Crippen LogP contribution in [0.5, 0.6) is 0 Å². The zero-order chi connectivity index (χ0) is 15.7. The first kappa shape index (κ1) is 16.2. The van der Waals surface area contributed by atoms with E-state index in [2.05, 4.69) is 23.7 Å². The first-order valence-electron chi connectivity index (χ1n) is 7.08. The van der Waals surface area contributed by atoms with Crippen LogP contribution in [-0.2, 0) is 12.7 Å². The summed E-state index contributed by atoms with van der Waals surface area (Å²) in [5.41, 5.74) is -0.108. The van der Waals surface area contributed by atoms with Gasteiger partial charge in [-0.25, -0.2) is 0 Å². The topological polar surface area (TPSA) is 36.4 Å². The number of hydrogen-bond donors (Lipinski definition) is 1. The van der Waals surface area contributed by atoms with E-state index in [9.17, 15) is 18.3 Å². The molecular weight excluding hydrogens is 281 g/mol. The molecule has 6 heteroatoms. The lowest BCUT2D eigenvalue weighted by Crippen LogP contribution is -2.32. The van der Waals surface area contributed by atoms with Crippen LogP contribution in [0, 0.1) is 5.41 Å². The summed E-state index contributed by atoms with van der Waals surface area (Å²) in [5.74, 6) is 0. The van der Waals surface area contributed by atoms with Crippen molar-refractivity contribution < 1.29 is 18.3 Å². The van der Waals surface area contributed by atoms with E-state index in [1.54, 1.807) is 0 Å². The van der Waals surface area contributed by atoms with Gasteiger partial charge in [-0.3, -0.25) is 9.88 Å². The Bertz CT molecular complexity index is 471. The molecule has 1 aromatic heterocycles. The molecule has 118 valence electrons. The lowest BCUT2D eigenvalue weighted by atomic mass is 9.87. The fraction of sp³-hybridized carbons (Fsp3) is 0.667. The summed E-state index contributed by atoms with van der Waals surface area (Å²) in [6.45, 7) is 6.30. The molecule has 2 heterocycles. The molecule has 0 radical (unpaired) electrons. The van der Waals surface area contributed by atoms with E-state index in [0.717, 1.165) is 31.1 Å². The van der Waals surface area contributed by atoms with Crippen LogP contribution >= 0.6 is 0 Å². The summed E-state index contributed by atoms with van der Waals surface area (Å²) in [6.07, 6.45) is -1.98. The van der Waals surface area contributed by atoms with Crippen molar-refractivity contribution in [2.75, 3.05) is 13.1 Å². The Labute approximate surface area is 122 Å². The zero-order valence-corrected chi connectivity index (χ0v) is 12.3. The summed E-state index contributed by atoms with van der Waals surface area (Å²) in [5, 5.41) is 9.87. The third-order valence-corrected chi connectivity index (χ3v) is 3.74. The molecule has 1 aliphatic heterocycles. The Morgan fingerprint density at radius 3 is 2.67 bits per heavy atom. The average Bonchev–Trinajstić information content (AvgIpc) is 2.46. The van der Waals surface area contributed by atoms with Crippen molar-refractivity contribution >= 4 is 0 Å². The van der Waals surface area contributed by atoms with Crippen LogP contribution in [0.3, 0.4) is 0 Å². The van der Waals surface area contributed by atoms with Gasteiger partial charge in [0.25, 0.3) is 0 Å². The van der Waals surface area contributed by atoms with Gasteiger partial charge in [-0.05, 0) is 29.9 Å². The number of alkyl halides is 3. The quantitative estimate of drug-likeness (QED) is 0.912. The van der Waals surface area contributed by atoms with Crippen LogP contribution in [-0.4, -0.2) is 34.2 Å². The maximum atomic E-state index is 12.5. The zero-order valence-electron chi connectivity index (χ0n) is 12.3. The van der Waals surface area contributed by atoms with Crippen molar-refractivity contribution in [2.45, 2.75) is 45.5 Å². The number of aliphatic hydroxyl groups excluding tert-OH is 1. The lowest BCUT2D eigenvalue weighted by molar-refractivity contribution is -0.141. The molecule has 0 saturated carbocycles. The Hall–Kier alpha value is -1.14. The molecule has 1 saturated heterocycles. The molecule has 3 nitrogen and oxygen atoms in total. The van der Waals surface area contributed by atoms with Gasteiger partial charge >= 0.3 is 6.18 Å². The molecule has 0 spiro atoms. The second kappa shape index (κ2) is 5.93. The first-order chi connectivity index (χ1) is 9.66. The Morgan fingerprint density at radius 2 is 2.10 bits per heavy atom. The molecule has 1 fully saturated rings. The van der Waals surface area contributed by atoms with Crippen molar-refractivity contribution in [1.82, 2.24) is 9.88 Å². The number of halogens is 3. The fourth-order valence-electron chi connectivity index (χ4n) is 2.90. The van der Waals surface area contributed by atoms with E-state index >= 15 is 0 Å². The standard InChI is InChI=1S/C15H21F3N2O/c1-14(2)7-12(21)5-6-20(10-14)9-11-3-4-13(19-8-11)15(16,17)18/h3-4,8,12,21H,5-7,9-10H2,1-2H3/t12-/m1/s1. The minimum absolute atomic E-state index is 0.00471. The van der Waals surface area contributed by atoms with E-state index in [-0.39, 0.29) is 11.5 Å². The van der Waals surface area contributed by atoms with Crippen LogP contribution < -0.4 is 0 Å². The predicted octanol–water partition coefficient (Wildman–Crippen LogP) is 3.08. The van der Waals surface area contributed by atoms with E-state index in [1.165, 1.54) is 12.3 Å². The minimum Gasteiger partial charge on any atom is -0.393 e. The Morgan fingerprint density at radius 1 is 1.38 bits per heavy atom. The van der Waals surface area contributed by atoms with Gasteiger partial charge in [0.15, 0.2) is 0 Å². The van der Waals surface area contributed by atoms with Crippen LogP contribution in [0.15, 0.2) is 18.3 Å². The second-order valence-corrected chi connectivity index (χ2v) is 6.57. The van der Waals surface area contributed by atoms with Crippen molar-refractivity contribution in [1.29, 1.82) is 0 Å². The number of aromatic nitrogens is 1. The molecule has 1 N–H and O–H groups in total. The molecule has 1 aromatic rings. The van der Waals surface area contributed by atoms with Gasteiger partial charge in [-0.2, -0.15) is 13.2 Å². The van der Waals surface area contributed by atoms with E-state index in [4.69, 9.17) is 0 Å². The summed E-state index contributed by atoms with van der Waals surface area (Å²) >= 11 is 0. The largest absolute Gasteiger partial charge is 0.433 e. The van der Waals surface area contributed by atoms with E-state index < -0.39 is 11.9 Å². The van der Waals surface area contributed by atoms with Gasteiger partial charge in [-0.1, -0.05) is 19.9 Å². The third kappa shape index (κ3) is 4.68. The van der Waals surface area contributed by atoms with Crippen LogP contribution in [0.25, 0.3) is 0 Å². The molecule has 0 unspecified atom stereocenters. The number of nitrogens with zero attached hydrogens (tertiary/aromatic N) is 2. The highest BCUT2D eigenvalue weighted by molar-refractivity contribution is 5.16. The normalized spacial score (nSPS) is 23.8. The number of pyridine rings is 1. The summed E-state index contributed by atoms with van der Waals surface area (Å²) in [6, 6.07) is 2.50. The van der Waals surface area contributed by atoms with Crippen molar-refractivity contribution in [3.05, 3.63) is 29.6 Å². The van der Waals surface area contributed by atoms with Crippen molar-refractivity contribution in [3.8, 4) is 0 Å². The molecule has 0 amide bonds. The van der Waals surface area contributed by atoms with Gasteiger partial charge in [0.2, 0.25) is 0 Å². The summed E-state index contributed by atoms with van der Waals surface area (Å²) < 4.78 is 37.4. The highest BCUT2D eigenvalue weighted by atomic mass is 19.4. The SMILES string of the molecule is CC1(C)C[C@H](O)CCN(Cc2ccc(C(F)(F)F)nc2)C1. The second-order valence-electron chi connectivity index (χ2n) is 6.57. The highest BCUT2D eigenvalue weighted by Crippen LogP contribution is 2.30. The predicted molar refractivity (Wildman–Crippen MR) is 73.5 cm³/mol. The monoisotopic (exact) mass is 302 g/mol. The molecule has 1 aliphatic rings. The minimum atomic E-state index is -4.40. The molecule has 0 aromatic carbocycles. The lowest BCUT2D eigenvalue weighted by Gasteiger charge is -2.29. The van der Waals surface area contributed by atoms with Crippen LogP contribution in [0.1, 0.15) is 37.9 Å². The maximum Gasteiger partial charge on any atom is 0.433 e. The third-order valence-electron chi connectivity index (χ3n) is 3.74. The molecule has 0 bridgehead atoms. The first-order valence-corrected chi connectivity index (χ1v) is 7.08. The van der Waals surface area contributed by atoms with Gasteiger partial charge < -0.3 is 5.11 Å². The van der Waals surface area contributed by atoms with Crippen molar-refractivity contribution in [2.24, 2.45) is 5.41 Å². The number of aliphatic hydroxyl groups is 1. The van der Waals surface area contributed by atoms with Crippen LogP contribution in [0.2, 0.25) is 0 Å². The summed E-state index contributed by atoms with van der Waals surface area (Å²) in [4.78, 5) is 5.66. The maximum absolute atomic E-state index is 12.5. The molecule has 2 rings (SSSR count). The van der Waals surface area contributed by atoms with E-state index in [1.807, 2.05) is 0 Å². The molecule has 1 atom stereocenters. The molecule has 0 aliphatic carbocycles. The van der Waals surface area contributed by atoms with Crippen LogP contribution in [0.4, 0.5) is 13.2 Å². The van der Waals surface area contributed by atoms with Crippen molar-refractivity contribution in [3.63, 3.8) is 0 Å². The van der Waals surface area contributed by atoms with Gasteiger partial charge in [0.1, 0.15) is 5.69 Å². The Kier molecular flexibility index (Phi) is 4.58. The van der Waals surface area contributed by atoms with Gasteiger partial charge in [0, 0.05) is 25.8 Å². The number of hydrogen-bond acceptors (Lipinski definition) is 3. The Balaban J connectivity index is 2.04. The molecular formula is C15H21F3N2O. The highest BCUT2D eigenvalue weighted by Gasteiger charge is 2.32. The van der Waals surface area contributed by atoms with E-state index in [0.29, 0.717) is 13.0 Å². The average molecular weight is 302 g/mol.